The Morgan fingerprint density at radius 1 is 1.38 bits per heavy atom. The minimum Gasteiger partial charge on any atom is -0.394 e. The van der Waals surface area contributed by atoms with Gasteiger partial charge in [0.1, 0.15) is 0 Å². The van der Waals surface area contributed by atoms with E-state index in [0.717, 1.165) is 25.7 Å². The number of nitrogens with one attached hydrogen (secondary N) is 1. The first kappa shape index (κ1) is 13.4. The molecule has 0 unspecified atom stereocenters. The number of hydrogen-bond acceptors (Lipinski definition) is 4. The number of nitrogens with two attached hydrogens (primary N) is 1. The predicted molar refractivity (Wildman–Crippen MR) is 60.9 cm³/mol. The highest BCUT2D eigenvalue weighted by atomic mass is 16.5. The molecule has 5 nitrogen and oxygen atoms in total. The first-order valence-corrected chi connectivity index (χ1v) is 5.90. The van der Waals surface area contributed by atoms with Crippen molar-refractivity contribution >= 4 is 5.91 Å². The van der Waals surface area contributed by atoms with E-state index >= 15 is 0 Å². The fourth-order valence-corrected chi connectivity index (χ4v) is 2.07. The lowest BCUT2D eigenvalue weighted by molar-refractivity contribution is -0.122. The molecule has 94 valence electrons. The fraction of sp³-hybridized carbons (Fsp3) is 0.909. The Balaban J connectivity index is 2.06. The van der Waals surface area contributed by atoms with Gasteiger partial charge in [-0.05, 0) is 12.8 Å². The summed E-state index contributed by atoms with van der Waals surface area (Å²) in [6.45, 7) is 1.25. The van der Waals surface area contributed by atoms with Crippen molar-refractivity contribution in [3.63, 3.8) is 0 Å². The van der Waals surface area contributed by atoms with E-state index in [2.05, 4.69) is 5.32 Å². The van der Waals surface area contributed by atoms with Gasteiger partial charge in [0.2, 0.25) is 5.91 Å². The Labute approximate surface area is 96.3 Å². The molecule has 1 fully saturated rings. The van der Waals surface area contributed by atoms with Crippen molar-refractivity contribution in [3.05, 3.63) is 0 Å². The molecule has 0 heterocycles. The third-order valence-electron chi connectivity index (χ3n) is 2.92. The lowest BCUT2D eigenvalue weighted by Crippen LogP contribution is -2.42. The second-order valence-electron chi connectivity index (χ2n) is 4.43. The number of ether oxygens (including phenoxy) is 1. The van der Waals surface area contributed by atoms with Crippen LogP contribution >= 0.6 is 0 Å². The van der Waals surface area contributed by atoms with Crippen molar-refractivity contribution < 1.29 is 14.6 Å². The molecule has 0 aromatic heterocycles. The quantitative estimate of drug-likeness (QED) is 0.528. The van der Waals surface area contributed by atoms with E-state index in [1.807, 2.05) is 0 Å². The Kier molecular flexibility index (Phi) is 5.73. The molecule has 1 aliphatic rings. The molecule has 1 saturated carbocycles. The van der Waals surface area contributed by atoms with Crippen molar-refractivity contribution in [1.29, 1.82) is 0 Å². The summed E-state index contributed by atoms with van der Waals surface area (Å²) < 4.78 is 5.03. The maximum Gasteiger partial charge on any atom is 0.221 e. The summed E-state index contributed by atoms with van der Waals surface area (Å²) in [4.78, 5) is 11.5. The number of carbonyl (C=O) groups excluding carboxylic acids is 1. The predicted octanol–water partition coefficient (Wildman–Crippen LogP) is -0.227. The highest BCUT2D eigenvalue weighted by molar-refractivity contribution is 5.77. The molecule has 0 atom stereocenters. The molecule has 16 heavy (non-hydrogen) atoms. The molecular weight excluding hydrogens is 208 g/mol. The fourth-order valence-electron chi connectivity index (χ4n) is 2.07. The molecule has 1 amide bonds. The van der Waals surface area contributed by atoms with Gasteiger partial charge < -0.3 is 20.9 Å². The van der Waals surface area contributed by atoms with Crippen LogP contribution in [0, 0.1) is 0 Å². The molecule has 0 aromatic carbocycles. The zero-order valence-electron chi connectivity index (χ0n) is 9.71. The standard InChI is InChI=1S/C11H22N2O3/c12-11(3-1-2-4-11)9-10(15)13-5-7-16-8-6-14/h14H,1-9,12H2,(H,13,15). The van der Waals surface area contributed by atoms with Crippen LogP contribution in [0.2, 0.25) is 0 Å². The van der Waals surface area contributed by atoms with Crippen LogP contribution in [0.15, 0.2) is 0 Å². The molecule has 0 bridgehead atoms. The Hall–Kier alpha value is -0.650. The maximum absolute atomic E-state index is 11.5. The minimum atomic E-state index is -0.282. The number of aliphatic hydroxyl groups excluding tert-OH is 1. The Morgan fingerprint density at radius 2 is 2.06 bits per heavy atom. The topological polar surface area (TPSA) is 84.6 Å². The van der Waals surface area contributed by atoms with Crippen LogP contribution in [0.5, 0.6) is 0 Å². The summed E-state index contributed by atoms with van der Waals surface area (Å²) in [5.41, 5.74) is 5.81. The number of amides is 1. The normalized spacial score (nSPS) is 18.6. The zero-order valence-corrected chi connectivity index (χ0v) is 9.71. The zero-order chi connectivity index (χ0) is 11.9. The molecule has 0 spiro atoms. The van der Waals surface area contributed by atoms with Crippen LogP contribution in [0.25, 0.3) is 0 Å². The molecule has 1 rings (SSSR count). The summed E-state index contributed by atoms with van der Waals surface area (Å²) >= 11 is 0. The average molecular weight is 230 g/mol. The third kappa shape index (κ3) is 4.92. The molecule has 1 aliphatic carbocycles. The van der Waals surface area contributed by atoms with Crippen LogP contribution in [-0.4, -0.2) is 42.9 Å². The summed E-state index contributed by atoms with van der Waals surface area (Å²) in [6.07, 6.45) is 4.56. The first-order chi connectivity index (χ1) is 7.66. The smallest absolute Gasteiger partial charge is 0.221 e. The SMILES string of the molecule is NC1(CC(=O)NCCOCCO)CCCC1. The number of aliphatic hydroxyl groups is 1. The van der Waals surface area contributed by atoms with Crippen LogP contribution in [0.1, 0.15) is 32.1 Å². The number of rotatable bonds is 7. The Morgan fingerprint density at radius 3 is 2.69 bits per heavy atom. The molecule has 4 N–H and O–H groups in total. The van der Waals surface area contributed by atoms with Gasteiger partial charge in [0.25, 0.3) is 0 Å². The van der Waals surface area contributed by atoms with E-state index in [4.69, 9.17) is 15.6 Å². The van der Waals surface area contributed by atoms with E-state index in [1.165, 1.54) is 0 Å². The largest absolute Gasteiger partial charge is 0.394 e. The van der Waals surface area contributed by atoms with Crippen molar-refractivity contribution in [2.45, 2.75) is 37.6 Å². The van der Waals surface area contributed by atoms with Gasteiger partial charge >= 0.3 is 0 Å². The highest BCUT2D eigenvalue weighted by Gasteiger charge is 2.31. The van der Waals surface area contributed by atoms with Gasteiger partial charge in [-0.15, -0.1) is 0 Å². The molecular formula is C11H22N2O3. The molecule has 0 aliphatic heterocycles. The molecule has 5 heteroatoms. The van der Waals surface area contributed by atoms with Crippen LogP contribution in [0.4, 0.5) is 0 Å². The molecule has 0 radical (unpaired) electrons. The summed E-state index contributed by atoms with van der Waals surface area (Å²) in [5.74, 6) is -0.00278. The van der Waals surface area contributed by atoms with Gasteiger partial charge in [-0.25, -0.2) is 0 Å². The monoisotopic (exact) mass is 230 g/mol. The summed E-state index contributed by atoms with van der Waals surface area (Å²) in [6, 6.07) is 0. The second-order valence-corrected chi connectivity index (χ2v) is 4.43. The van der Waals surface area contributed by atoms with Gasteiger partial charge in [-0.3, -0.25) is 4.79 Å². The minimum absolute atomic E-state index is 0.00278. The van der Waals surface area contributed by atoms with Crippen molar-refractivity contribution in [3.8, 4) is 0 Å². The van der Waals surface area contributed by atoms with E-state index in [0.29, 0.717) is 26.2 Å². The lowest BCUT2D eigenvalue weighted by atomic mass is 9.94. The van der Waals surface area contributed by atoms with Crippen molar-refractivity contribution in [1.82, 2.24) is 5.32 Å². The summed E-state index contributed by atoms with van der Waals surface area (Å²) in [5, 5.41) is 11.2. The van der Waals surface area contributed by atoms with Crippen molar-refractivity contribution in [2.24, 2.45) is 5.73 Å². The summed E-state index contributed by atoms with van der Waals surface area (Å²) in [7, 11) is 0. The lowest BCUT2D eigenvalue weighted by Gasteiger charge is -2.22. The Bertz CT molecular complexity index is 215. The van der Waals surface area contributed by atoms with Crippen LogP contribution in [0.3, 0.4) is 0 Å². The maximum atomic E-state index is 11.5. The molecule has 0 saturated heterocycles. The number of carbonyl (C=O) groups is 1. The van der Waals surface area contributed by atoms with E-state index in [9.17, 15) is 4.79 Å². The third-order valence-corrected chi connectivity index (χ3v) is 2.92. The second kappa shape index (κ2) is 6.83. The van der Waals surface area contributed by atoms with Crippen LogP contribution in [-0.2, 0) is 9.53 Å². The van der Waals surface area contributed by atoms with E-state index in [1.54, 1.807) is 0 Å². The van der Waals surface area contributed by atoms with Gasteiger partial charge in [-0.2, -0.15) is 0 Å². The highest BCUT2D eigenvalue weighted by Crippen LogP contribution is 2.29. The average Bonchev–Trinajstić information content (AvgIpc) is 2.64. The van der Waals surface area contributed by atoms with Gasteiger partial charge in [-0.1, -0.05) is 12.8 Å². The van der Waals surface area contributed by atoms with E-state index < -0.39 is 0 Å². The van der Waals surface area contributed by atoms with Crippen LogP contribution < -0.4 is 11.1 Å². The van der Waals surface area contributed by atoms with Gasteiger partial charge in [0, 0.05) is 18.5 Å². The van der Waals surface area contributed by atoms with Gasteiger partial charge in [0.15, 0.2) is 0 Å². The van der Waals surface area contributed by atoms with Crippen molar-refractivity contribution in [2.75, 3.05) is 26.4 Å². The van der Waals surface area contributed by atoms with Gasteiger partial charge in [0.05, 0.1) is 19.8 Å². The molecule has 0 aromatic rings. The number of hydrogen-bond donors (Lipinski definition) is 3. The first-order valence-electron chi connectivity index (χ1n) is 5.90. The van der Waals surface area contributed by atoms with E-state index in [-0.39, 0.29) is 18.1 Å².